The van der Waals surface area contributed by atoms with Crippen LogP contribution in [0.5, 0.6) is 5.75 Å². The second kappa shape index (κ2) is 9.86. The van der Waals surface area contributed by atoms with E-state index in [0.29, 0.717) is 6.42 Å². The number of thioether (sulfide) groups is 1. The third-order valence-corrected chi connectivity index (χ3v) is 6.35. The maximum atomic E-state index is 12.4. The zero-order chi connectivity index (χ0) is 18.2. The number of carbonyl (C=O) groups is 1. The van der Waals surface area contributed by atoms with E-state index >= 15 is 0 Å². The van der Waals surface area contributed by atoms with Gasteiger partial charge in [0.15, 0.2) is 6.10 Å². The summed E-state index contributed by atoms with van der Waals surface area (Å²) in [7, 11) is 0. The molecule has 26 heavy (non-hydrogen) atoms. The largest absolute Gasteiger partial charge is 0.481 e. The molecule has 1 amide bonds. The van der Waals surface area contributed by atoms with Crippen LogP contribution < -0.4 is 10.1 Å². The topological polar surface area (TPSA) is 38.3 Å². The van der Waals surface area contributed by atoms with Crippen LogP contribution in [0, 0.1) is 0 Å². The van der Waals surface area contributed by atoms with Gasteiger partial charge < -0.3 is 10.1 Å². The van der Waals surface area contributed by atoms with Crippen LogP contribution in [0.4, 0.5) is 0 Å². The van der Waals surface area contributed by atoms with Gasteiger partial charge in [0.05, 0.1) is 0 Å². The number of carbonyl (C=O) groups excluding carboxylic acids is 1. The van der Waals surface area contributed by atoms with Gasteiger partial charge in [-0.1, -0.05) is 56.5 Å². The van der Waals surface area contributed by atoms with Gasteiger partial charge in [0.25, 0.3) is 5.91 Å². The molecule has 0 aromatic heterocycles. The number of hydrogen-bond acceptors (Lipinski definition) is 3. The zero-order valence-corrected chi connectivity index (χ0v) is 16.4. The van der Waals surface area contributed by atoms with Crippen LogP contribution >= 0.6 is 11.8 Å². The van der Waals surface area contributed by atoms with Crippen molar-refractivity contribution in [1.29, 1.82) is 0 Å². The Balaban J connectivity index is 1.46. The maximum Gasteiger partial charge on any atom is 0.261 e. The summed E-state index contributed by atoms with van der Waals surface area (Å²) in [6.45, 7) is 2.71. The molecule has 1 fully saturated rings. The molecule has 0 bridgehead atoms. The molecule has 0 spiro atoms. The number of amides is 1. The van der Waals surface area contributed by atoms with Crippen molar-refractivity contribution in [3.8, 4) is 5.75 Å². The maximum absolute atomic E-state index is 12.4. The monoisotopic (exact) mass is 371 g/mol. The van der Waals surface area contributed by atoms with Crippen molar-refractivity contribution in [2.24, 2.45) is 0 Å². The number of hydrogen-bond donors (Lipinski definition) is 1. The molecular weight excluding hydrogens is 342 g/mol. The Labute approximate surface area is 160 Å². The fraction of sp³-hybridized carbons (Fsp3) is 0.500. The van der Waals surface area contributed by atoms with Crippen LogP contribution in [0.3, 0.4) is 0 Å². The Morgan fingerprint density at radius 3 is 2.69 bits per heavy atom. The van der Waals surface area contributed by atoms with Gasteiger partial charge in [0, 0.05) is 17.5 Å². The Morgan fingerprint density at radius 2 is 1.92 bits per heavy atom. The van der Waals surface area contributed by atoms with E-state index in [1.54, 1.807) is 0 Å². The minimum absolute atomic E-state index is 0.00935. The van der Waals surface area contributed by atoms with Crippen molar-refractivity contribution < 1.29 is 9.53 Å². The molecule has 1 atom stereocenters. The van der Waals surface area contributed by atoms with Crippen LogP contribution in [0.15, 0.2) is 42.5 Å². The Bertz CT molecular complexity index is 712. The number of nitrogens with one attached hydrogen (secondary N) is 1. The second-order valence-corrected chi connectivity index (χ2v) is 8.35. The molecule has 0 radical (unpaired) electrons. The lowest BCUT2D eigenvalue weighted by molar-refractivity contribution is -0.127. The first-order chi connectivity index (χ1) is 12.8. The molecule has 1 aliphatic rings. The Kier molecular flexibility index (Phi) is 7.24. The molecule has 3 rings (SSSR count). The SMILES string of the molecule is CC[C@H](Oc1ccc2ccccc2c1)C(=O)NCCSC1CCCCC1. The quantitative estimate of drug-likeness (QED) is 0.650. The summed E-state index contributed by atoms with van der Waals surface area (Å²) in [5.41, 5.74) is 0. The molecule has 4 heteroatoms. The normalized spacial score (nSPS) is 16.3. The van der Waals surface area contributed by atoms with E-state index in [0.717, 1.165) is 28.7 Å². The fourth-order valence-electron chi connectivity index (χ4n) is 3.47. The van der Waals surface area contributed by atoms with Gasteiger partial charge in [-0.3, -0.25) is 4.79 Å². The van der Waals surface area contributed by atoms with E-state index < -0.39 is 6.10 Å². The smallest absolute Gasteiger partial charge is 0.261 e. The Hall–Kier alpha value is -1.68. The van der Waals surface area contributed by atoms with E-state index in [1.807, 2.05) is 49.0 Å². The number of fused-ring (bicyclic) bond motifs is 1. The van der Waals surface area contributed by atoms with Crippen molar-refractivity contribution in [3.63, 3.8) is 0 Å². The molecule has 0 heterocycles. The molecule has 1 aliphatic carbocycles. The van der Waals surface area contributed by atoms with Gasteiger partial charge in [-0.15, -0.1) is 0 Å². The van der Waals surface area contributed by atoms with Crippen LogP contribution in [0.2, 0.25) is 0 Å². The summed E-state index contributed by atoms with van der Waals surface area (Å²) in [5, 5.41) is 6.14. The summed E-state index contributed by atoms with van der Waals surface area (Å²) in [5.74, 6) is 1.73. The van der Waals surface area contributed by atoms with E-state index in [-0.39, 0.29) is 5.91 Å². The lowest BCUT2D eigenvalue weighted by Gasteiger charge is -2.21. The summed E-state index contributed by atoms with van der Waals surface area (Å²) in [6.07, 6.45) is 7.01. The van der Waals surface area contributed by atoms with E-state index in [2.05, 4.69) is 17.4 Å². The van der Waals surface area contributed by atoms with Gasteiger partial charge >= 0.3 is 0 Å². The summed E-state index contributed by atoms with van der Waals surface area (Å²) in [6, 6.07) is 14.2. The van der Waals surface area contributed by atoms with Crippen molar-refractivity contribution in [2.75, 3.05) is 12.3 Å². The third-order valence-electron chi connectivity index (χ3n) is 4.97. The molecule has 2 aromatic rings. The highest BCUT2D eigenvalue weighted by Gasteiger charge is 2.18. The van der Waals surface area contributed by atoms with Gasteiger partial charge in [0.2, 0.25) is 0 Å². The predicted molar refractivity (Wildman–Crippen MR) is 111 cm³/mol. The molecule has 140 valence electrons. The van der Waals surface area contributed by atoms with Gasteiger partial charge in [0.1, 0.15) is 5.75 Å². The van der Waals surface area contributed by atoms with Gasteiger partial charge in [-0.25, -0.2) is 0 Å². The standard InChI is InChI=1S/C22H29NO2S/c1-2-21(22(24)23-14-15-26-20-10-4-3-5-11-20)25-19-13-12-17-8-6-7-9-18(17)16-19/h6-9,12-13,16,20-21H,2-5,10-11,14-15H2,1H3,(H,23,24)/t21-/m0/s1. The third kappa shape index (κ3) is 5.41. The predicted octanol–water partition coefficient (Wildman–Crippen LogP) is 5.18. The molecule has 1 N–H and O–H groups in total. The van der Waals surface area contributed by atoms with Gasteiger partial charge in [-0.2, -0.15) is 11.8 Å². The highest BCUT2D eigenvalue weighted by atomic mass is 32.2. The first-order valence-corrected chi connectivity index (χ1v) is 10.9. The fourth-order valence-corrected chi connectivity index (χ4v) is 4.69. The molecular formula is C22H29NO2S. The average molecular weight is 372 g/mol. The molecule has 0 unspecified atom stereocenters. The van der Waals surface area contributed by atoms with Crippen molar-refractivity contribution in [3.05, 3.63) is 42.5 Å². The van der Waals surface area contributed by atoms with Crippen LogP contribution in [-0.2, 0) is 4.79 Å². The Morgan fingerprint density at radius 1 is 1.15 bits per heavy atom. The number of rotatable bonds is 8. The highest BCUT2D eigenvalue weighted by Crippen LogP contribution is 2.27. The van der Waals surface area contributed by atoms with Crippen LogP contribution in [0.1, 0.15) is 45.4 Å². The minimum atomic E-state index is -0.434. The molecule has 0 saturated heterocycles. The lowest BCUT2D eigenvalue weighted by Crippen LogP contribution is -2.39. The number of ether oxygens (including phenoxy) is 1. The average Bonchev–Trinajstić information content (AvgIpc) is 2.70. The second-order valence-electron chi connectivity index (χ2n) is 6.95. The lowest BCUT2D eigenvalue weighted by atomic mass is 10.0. The van der Waals surface area contributed by atoms with Gasteiger partial charge in [-0.05, 0) is 42.2 Å². The minimum Gasteiger partial charge on any atom is -0.481 e. The zero-order valence-electron chi connectivity index (χ0n) is 15.6. The van der Waals surface area contributed by atoms with Crippen molar-refractivity contribution in [2.45, 2.75) is 56.8 Å². The summed E-state index contributed by atoms with van der Waals surface area (Å²) < 4.78 is 5.96. The van der Waals surface area contributed by atoms with Crippen molar-refractivity contribution >= 4 is 28.4 Å². The van der Waals surface area contributed by atoms with Crippen LogP contribution in [0.25, 0.3) is 10.8 Å². The van der Waals surface area contributed by atoms with Crippen molar-refractivity contribution in [1.82, 2.24) is 5.32 Å². The molecule has 2 aromatic carbocycles. The van der Waals surface area contributed by atoms with E-state index in [1.165, 1.54) is 37.5 Å². The van der Waals surface area contributed by atoms with Crippen LogP contribution in [-0.4, -0.2) is 29.6 Å². The molecule has 1 saturated carbocycles. The first-order valence-electron chi connectivity index (χ1n) is 9.81. The molecule has 3 nitrogen and oxygen atoms in total. The highest BCUT2D eigenvalue weighted by molar-refractivity contribution is 7.99. The first kappa shape index (κ1) is 19.1. The molecule has 0 aliphatic heterocycles. The summed E-state index contributed by atoms with van der Waals surface area (Å²) in [4.78, 5) is 12.4. The summed E-state index contributed by atoms with van der Waals surface area (Å²) >= 11 is 2.01. The number of benzene rings is 2. The van der Waals surface area contributed by atoms with E-state index in [9.17, 15) is 4.79 Å². The van der Waals surface area contributed by atoms with E-state index in [4.69, 9.17) is 4.74 Å².